The maximum atomic E-state index is 12.2. The van der Waals surface area contributed by atoms with Crippen molar-refractivity contribution in [2.24, 2.45) is 0 Å². The molecular formula is C29H32ClN3O3. The largest absolute Gasteiger partial charge is 0.493 e. The predicted molar refractivity (Wildman–Crippen MR) is 144 cm³/mol. The third-order valence-corrected chi connectivity index (χ3v) is 6.31. The standard InChI is InChI=1S/C29H32ClN3O3/c1-35-26-12-6-7-13-27(26)36-21-9-20-33-25-11-5-4-10-24(25)32-28(33)14-3-2-8-19-31-29(34)22-15-17-23(30)18-16-22/h4-7,10-13,15-18H,2-3,8-9,14,19-21H2,1H3,(H,31,34). The molecule has 0 radical (unpaired) electrons. The quantitative estimate of drug-likeness (QED) is 0.216. The molecule has 6 nitrogen and oxygen atoms in total. The SMILES string of the molecule is COc1ccccc1OCCCn1c(CCCCCNC(=O)c2ccc(Cl)cc2)nc2ccccc21. The second-order valence-corrected chi connectivity index (χ2v) is 9.03. The van der Waals surface area contributed by atoms with Crippen molar-refractivity contribution in [1.82, 2.24) is 14.9 Å². The van der Waals surface area contributed by atoms with Gasteiger partial charge in [0.2, 0.25) is 0 Å². The van der Waals surface area contributed by atoms with Crippen molar-refractivity contribution < 1.29 is 14.3 Å². The van der Waals surface area contributed by atoms with Gasteiger partial charge in [0.15, 0.2) is 11.5 Å². The van der Waals surface area contributed by atoms with E-state index in [0.29, 0.717) is 23.7 Å². The highest BCUT2D eigenvalue weighted by Gasteiger charge is 2.11. The van der Waals surface area contributed by atoms with Crippen LogP contribution in [-0.4, -0.2) is 35.7 Å². The molecule has 4 aromatic rings. The van der Waals surface area contributed by atoms with Crippen molar-refractivity contribution in [2.75, 3.05) is 20.3 Å². The molecule has 188 valence electrons. The summed E-state index contributed by atoms with van der Waals surface area (Å²) >= 11 is 5.89. The van der Waals surface area contributed by atoms with Crippen molar-refractivity contribution in [3.05, 3.63) is 89.2 Å². The number of amides is 1. The number of aromatic nitrogens is 2. The summed E-state index contributed by atoms with van der Waals surface area (Å²) in [5, 5.41) is 3.61. The summed E-state index contributed by atoms with van der Waals surface area (Å²) in [6.45, 7) is 2.08. The lowest BCUT2D eigenvalue weighted by atomic mass is 10.1. The lowest BCUT2D eigenvalue weighted by Gasteiger charge is -2.12. The van der Waals surface area contributed by atoms with Crippen LogP contribution in [0, 0.1) is 0 Å². The normalized spacial score (nSPS) is 10.9. The van der Waals surface area contributed by atoms with Gasteiger partial charge in [-0.2, -0.15) is 0 Å². The zero-order valence-corrected chi connectivity index (χ0v) is 21.3. The zero-order chi connectivity index (χ0) is 25.2. The highest BCUT2D eigenvalue weighted by atomic mass is 35.5. The van der Waals surface area contributed by atoms with E-state index in [1.54, 1.807) is 31.4 Å². The molecule has 1 N–H and O–H groups in total. The summed E-state index contributed by atoms with van der Waals surface area (Å²) in [6, 6.07) is 22.9. The average molecular weight is 506 g/mol. The van der Waals surface area contributed by atoms with Gasteiger partial charge < -0.3 is 19.4 Å². The number of hydrogen-bond donors (Lipinski definition) is 1. The molecule has 0 atom stereocenters. The lowest BCUT2D eigenvalue weighted by Crippen LogP contribution is -2.24. The molecule has 0 unspecified atom stereocenters. The van der Waals surface area contributed by atoms with Gasteiger partial charge in [-0.1, -0.05) is 42.3 Å². The number of rotatable bonds is 13. The summed E-state index contributed by atoms with van der Waals surface area (Å²) in [4.78, 5) is 17.1. The molecule has 4 rings (SSSR count). The summed E-state index contributed by atoms with van der Waals surface area (Å²) in [6.07, 6.45) is 4.71. The van der Waals surface area contributed by atoms with E-state index in [1.165, 1.54) is 0 Å². The number of nitrogens with one attached hydrogen (secondary N) is 1. The van der Waals surface area contributed by atoms with Gasteiger partial charge in [0, 0.05) is 30.1 Å². The molecule has 7 heteroatoms. The van der Waals surface area contributed by atoms with Crippen LogP contribution < -0.4 is 14.8 Å². The maximum Gasteiger partial charge on any atom is 0.251 e. The lowest BCUT2D eigenvalue weighted by molar-refractivity contribution is 0.0953. The molecule has 0 fully saturated rings. The topological polar surface area (TPSA) is 65.4 Å². The number of unbranched alkanes of at least 4 members (excludes halogenated alkanes) is 2. The van der Waals surface area contributed by atoms with Crippen LogP contribution in [0.2, 0.25) is 5.02 Å². The Labute approximate surface area is 217 Å². The van der Waals surface area contributed by atoms with E-state index >= 15 is 0 Å². The maximum absolute atomic E-state index is 12.2. The van der Waals surface area contributed by atoms with E-state index < -0.39 is 0 Å². The minimum absolute atomic E-state index is 0.0659. The van der Waals surface area contributed by atoms with Crippen molar-refractivity contribution in [2.45, 2.75) is 38.6 Å². The van der Waals surface area contributed by atoms with E-state index in [2.05, 4.69) is 28.1 Å². The fraction of sp³-hybridized carbons (Fsp3) is 0.310. The number of fused-ring (bicyclic) bond motifs is 1. The van der Waals surface area contributed by atoms with Gasteiger partial charge in [0.25, 0.3) is 5.91 Å². The minimum atomic E-state index is -0.0659. The summed E-state index contributed by atoms with van der Waals surface area (Å²) in [5.74, 6) is 2.54. The fourth-order valence-corrected chi connectivity index (χ4v) is 4.32. The van der Waals surface area contributed by atoms with E-state index in [4.69, 9.17) is 26.1 Å². The van der Waals surface area contributed by atoms with Gasteiger partial charge in [-0.25, -0.2) is 4.98 Å². The van der Waals surface area contributed by atoms with Crippen LogP contribution in [0.4, 0.5) is 0 Å². The monoisotopic (exact) mass is 505 g/mol. The first-order valence-electron chi connectivity index (χ1n) is 12.4. The van der Waals surface area contributed by atoms with Crippen LogP contribution in [0.3, 0.4) is 0 Å². The number of ether oxygens (including phenoxy) is 2. The van der Waals surface area contributed by atoms with Crippen LogP contribution in [-0.2, 0) is 13.0 Å². The van der Waals surface area contributed by atoms with Gasteiger partial charge in [0.05, 0.1) is 24.8 Å². The number of imidazole rings is 1. The molecule has 0 saturated carbocycles. The number of hydrogen-bond acceptors (Lipinski definition) is 4. The van der Waals surface area contributed by atoms with E-state index in [9.17, 15) is 4.79 Å². The number of aryl methyl sites for hydroxylation is 2. The Morgan fingerprint density at radius 2 is 1.67 bits per heavy atom. The van der Waals surface area contributed by atoms with E-state index in [0.717, 1.165) is 67.0 Å². The van der Waals surface area contributed by atoms with Crippen molar-refractivity contribution in [3.63, 3.8) is 0 Å². The van der Waals surface area contributed by atoms with Crippen LogP contribution in [0.15, 0.2) is 72.8 Å². The Morgan fingerprint density at radius 3 is 2.47 bits per heavy atom. The summed E-state index contributed by atoms with van der Waals surface area (Å²) in [7, 11) is 1.65. The van der Waals surface area contributed by atoms with Crippen LogP contribution in [0.1, 0.15) is 41.9 Å². The molecule has 1 amide bonds. The third kappa shape index (κ3) is 6.79. The first-order chi connectivity index (χ1) is 17.7. The smallest absolute Gasteiger partial charge is 0.251 e. The van der Waals surface area contributed by atoms with E-state index in [1.807, 2.05) is 30.3 Å². The van der Waals surface area contributed by atoms with Gasteiger partial charge in [-0.05, 0) is 67.8 Å². The molecule has 0 aliphatic heterocycles. The van der Waals surface area contributed by atoms with E-state index in [-0.39, 0.29) is 5.91 Å². The number of carbonyl (C=O) groups is 1. The fourth-order valence-electron chi connectivity index (χ4n) is 4.20. The number of benzene rings is 3. The van der Waals surface area contributed by atoms with Gasteiger partial charge in [0.1, 0.15) is 5.82 Å². The number of carbonyl (C=O) groups excluding carboxylic acids is 1. The molecule has 0 bridgehead atoms. The Morgan fingerprint density at radius 1 is 0.917 bits per heavy atom. The molecule has 0 spiro atoms. The molecule has 0 saturated heterocycles. The second-order valence-electron chi connectivity index (χ2n) is 8.59. The molecule has 1 heterocycles. The van der Waals surface area contributed by atoms with Crippen molar-refractivity contribution >= 4 is 28.5 Å². The summed E-state index contributed by atoms with van der Waals surface area (Å²) < 4.78 is 13.6. The molecule has 0 aliphatic carbocycles. The predicted octanol–water partition coefficient (Wildman–Crippen LogP) is 6.31. The van der Waals surface area contributed by atoms with Crippen LogP contribution >= 0.6 is 11.6 Å². The zero-order valence-electron chi connectivity index (χ0n) is 20.6. The first-order valence-corrected chi connectivity index (χ1v) is 12.8. The van der Waals surface area contributed by atoms with Gasteiger partial charge >= 0.3 is 0 Å². The second kappa shape index (κ2) is 13.0. The molecule has 36 heavy (non-hydrogen) atoms. The molecule has 1 aromatic heterocycles. The minimum Gasteiger partial charge on any atom is -0.493 e. The molecule has 0 aliphatic rings. The highest BCUT2D eigenvalue weighted by molar-refractivity contribution is 6.30. The highest BCUT2D eigenvalue weighted by Crippen LogP contribution is 2.26. The van der Waals surface area contributed by atoms with Crippen molar-refractivity contribution in [1.29, 1.82) is 0 Å². The summed E-state index contributed by atoms with van der Waals surface area (Å²) in [5.41, 5.74) is 2.80. The Kier molecular flexibility index (Phi) is 9.22. The van der Waals surface area contributed by atoms with Crippen LogP contribution in [0.5, 0.6) is 11.5 Å². The Hall–Kier alpha value is -3.51. The third-order valence-electron chi connectivity index (χ3n) is 6.06. The number of methoxy groups -OCH3 is 1. The number of nitrogens with zero attached hydrogens (tertiary/aromatic N) is 2. The number of halogens is 1. The molecule has 3 aromatic carbocycles. The van der Waals surface area contributed by atoms with Crippen molar-refractivity contribution in [3.8, 4) is 11.5 Å². The molecular weight excluding hydrogens is 474 g/mol. The van der Waals surface area contributed by atoms with Crippen LogP contribution in [0.25, 0.3) is 11.0 Å². The van der Waals surface area contributed by atoms with Gasteiger partial charge in [-0.3, -0.25) is 4.79 Å². The Bertz CT molecular complexity index is 1270. The van der Waals surface area contributed by atoms with Gasteiger partial charge in [-0.15, -0.1) is 0 Å². The average Bonchev–Trinajstić information content (AvgIpc) is 3.26. The first kappa shape index (κ1) is 25.6. The Balaban J connectivity index is 1.25. The number of para-hydroxylation sites is 4.